The number of nitro groups is 1. The highest BCUT2D eigenvalue weighted by molar-refractivity contribution is 5.58. The van der Waals surface area contributed by atoms with Crippen LogP contribution >= 0.6 is 0 Å². The first-order valence-corrected chi connectivity index (χ1v) is 8.52. The average Bonchev–Trinajstić information content (AvgIpc) is 2.66. The van der Waals surface area contributed by atoms with E-state index >= 15 is 0 Å². The summed E-state index contributed by atoms with van der Waals surface area (Å²) in [5.74, 6) is -0.912. The van der Waals surface area contributed by atoms with Gasteiger partial charge in [-0.1, -0.05) is 6.07 Å². The van der Waals surface area contributed by atoms with Gasteiger partial charge in [-0.15, -0.1) is 0 Å². The van der Waals surface area contributed by atoms with Gasteiger partial charge in [-0.3, -0.25) is 10.1 Å². The molecule has 1 aliphatic heterocycles. The van der Waals surface area contributed by atoms with Crippen molar-refractivity contribution in [2.45, 2.75) is 13.2 Å². The molecule has 28 heavy (non-hydrogen) atoms. The first-order chi connectivity index (χ1) is 13.4. The van der Waals surface area contributed by atoms with Gasteiger partial charge in [-0.2, -0.15) is 8.78 Å². The van der Waals surface area contributed by atoms with Crippen LogP contribution in [-0.2, 0) is 11.3 Å². The quantitative estimate of drug-likeness (QED) is 0.566. The van der Waals surface area contributed by atoms with E-state index in [1.165, 1.54) is 12.1 Å². The molecule has 1 aliphatic rings. The van der Waals surface area contributed by atoms with Gasteiger partial charge in [0.25, 0.3) is 0 Å². The topological polar surface area (TPSA) is 76.9 Å². The molecule has 10 heteroatoms. The Morgan fingerprint density at radius 2 is 1.96 bits per heavy atom. The van der Waals surface area contributed by atoms with Crippen molar-refractivity contribution >= 4 is 17.1 Å². The molecular formula is C18H18F3N3O4. The van der Waals surface area contributed by atoms with Crippen LogP contribution < -0.4 is 15.0 Å². The fraction of sp³-hybridized carbons (Fsp3) is 0.333. The van der Waals surface area contributed by atoms with Crippen molar-refractivity contribution in [1.29, 1.82) is 0 Å². The van der Waals surface area contributed by atoms with Crippen LogP contribution in [0.3, 0.4) is 0 Å². The van der Waals surface area contributed by atoms with Crippen molar-refractivity contribution in [3.05, 3.63) is 57.9 Å². The third kappa shape index (κ3) is 4.83. The Morgan fingerprint density at radius 3 is 2.61 bits per heavy atom. The van der Waals surface area contributed by atoms with Gasteiger partial charge >= 0.3 is 12.3 Å². The van der Waals surface area contributed by atoms with Gasteiger partial charge in [-0.25, -0.2) is 4.39 Å². The van der Waals surface area contributed by atoms with Gasteiger partial charge in [0.15, 0.2) is 0 Å². The third-order valence-corrected chi connectivity index (χ3v) is 4.23. The van der Waals surface area contributed by atoms with Crippen LogP contribution in [0.2, 0.25) is 0 Å². The van der Waals surface area contributed by atoms with Crippen molar-refractivity contribution in [2.24, 2.45) is 0 Å². The van der Waals surface area contributed by atoms with Gasteiger partial charge in [-0.05, 0) is 23.8 Å². The maximum absolute atomic E-state index is 14.4. The summed E-state index contributed by atoms with van der Waals surface area (Å²) in [5.41, 5.74) is 0.893. The molecule has 150 valence electrons. The van der Waals surface area contributed by atoms with Crippen molar-refractivity contribution in [3.8, 4) is 5.75 Å². The molecule has 0 radical (unpaired) electrons. The van der Waals surface area contributed by atoms with E-state index in [4.69, 9.17) is 4.74 Å². The summed E-state index contributed by atoms with van der Waals surface area (Å²) >= 11 is 0. The lowest BCUT2D eigenvalue weighted by Gasteiger charge is -2.29. The molecule has 2 aromatic carbocycles. The van der Waals surface area contributed by atoms with Crippen LogP contribution in [0.4, 0.5) is 30.2 Å². The molecule has 1 N–H and O–H groups in total. The second-order valence-corrected chi connectivity index (χ2v) is 6.06. The van der Waals surface area contributed by atoms with Crippen LogP contribution in [-0.4, -0.2) is 37.8 Å². The monoisotopic (exact) mass is 397 g/mol. The van der Waals surface area contributed by atoms with Crippen LogP contribution in [0.25, 0.3) is 0 Å². The van der Waals surface area contributed by atoms with Crippen molar-refractivity contribution < 1.29 is 27.6 Å². The van der Waals surface area contributed by atoms with Gasteiger partial charge in [0.1, 0.15) is 5.82 Å². The zero-order valence-corrected chi connectivity index (χ0v) is 14.7. The van der Waals surface area contributed by atoms with E-state index < -0.39 is 23.0 Å². The molecule has 0 aromatic heterocycles. The number of benzene rings is 2. The number of nitrogens with one attached hydrogen (secondary N) is 1. The zero-order valence-electron chi connectivity index (χ0n) is 14.7. The summed E-state index contributed by atoms with van der Waals surface area (Å²) < 4.78 is 48.8. The van der Waals surface area contributed by atoms with Crippen LogP contribution in [0.5, 0.6) is 5.75 Å². The number of rotatable bonds is 7. The number of halogens is 3. The Bertz CT molecular complexity index is 845. The highest BCUT2D eigenvalue weighted by Gasteiger charge is 2.19. The van der Waals surface area contributed by atoms with Gasteiger partial charge < -0.3 is 19.7 Å². The first-order valence-electron chi connectivity index (χ1n) is 8.52. The number of morpholine rings is 1. The summed E-state index contributed by atoms with van der Waals surface area (Å²) in [6.07, 6.45) is 0. The molecule has 7 nitrogen and oxygen atoms in total. The molecule has 3 rings (SSSR count). The molecule has 2 aromatic rings. The summed E-state index contributed by atoms with van der Waals surface area (Å²) in [4.78, 5) is 12.0. The minimum absolute atomic E-state index is 0.201. The minimum atomic E-state index is -3.18. The number of alkyl halides is 2. The second-order valence-electron chi connectivity index (χ2n) is 6.06. The maximum atomic E-state index is 14.4. The smallest absolute Gasteiger partial charge is 0.387 e. The molecule has 0 saturated carbocycles. The molecule has 1 fully saturated rings. The third-order valence-electron chi connectivity index (χ3n) is 4.23. The van der Waals surface area contributed by atoms with E-state index in [1.54, 1.807) is 12.1 Å². The predicted octanol–water partition coefficient (Wildman–Crippen LogP) is 3.78. The average molecular weight is 397 g/mol. The summed E-state index contributed by atoms with van der Waals surface area (Å²) in [6.45, 7) is -0.658. The fourth-order valence-electron chi connectivity index (χ4n) is 2.89. The SMILES string of the molecule is O=[N+]([O-])c1ccc(NCc2ccc(N3CCOCC3)c(F)c2)cc1OC(F)F. The van der Waals surface area contributed by atoms with Crippen molar-refractivity contribution in [2.75, 3.05) is 36.5 Å². The number of hydrogen-bond acceptors (Lipinski definition) is 6. The van der Waals surface area contributed by atoms with Crippen molar-refractivity contribution in [1.82, 2.24) is 0 Å². The van der Waals surface area contributed by atoms with E-state index in [9.17, 15) is 23.3 Å². The molecule has 1 heterocycles. The summed E-state index contributed by atoms with van der Waals surface area (Å²) in [5, 5.41) is 13.8. The Balaban J connectivity index is 1.69. The molecule has 0 aliphatic carbocycles. The Labute approximate surface area is 158 Å². The number of hydrogen-bond donors (Lipinski definition) is 1. The second kappa shape index (κ2) is 8.79. The lowest BCUT2D eigenvalue weighted by molar-refractivity contribution is -0.386. The standard InChI is InChI=1S/C18H18F3N3O4/c19-14-9-12(1-3-15(14)23-5-7-27-8-6-23)11-22-13-2-4-16(24(25)26)17(10-13)28-18(20)21/h1-4,9-10,18,22H,5-8,11H2. The van der Waals surface area contributed by atoms with Gasteiger partial charge in [0.05, 0.1) is 23.8 Å². The lowest BCUT2D eigenvalue weighted by Crippen LogP contribution is -2.36. The zero-order chi connectivity index (χ0) is 20.1. The molecule has 0 atom stereocenters. The summed E-state index contributed by atoms with van der Waals surface area (Å²) in [6, 6.07) is 8.38. The largest absolute Gasteiger partial charge is 0.427 e. The van der Waals surface area contributed by atoms with E-state index in [-0.39, 0.29) is 12.4 Å². The molecule has 0 bridgehead atoms. The number of nitrogens with zero attached hydrogens (tertiary/aromatic N) is 2. The first kappa shape index (κ1) is 19.7. The fourth-order valence-corrected chi connectivity index (χ4v) is 2.89. The Kier molecular flexibility index (Phi) is 6.19. The van der Waals surface area contributed by atoms with Crippen molar-refractivity contribution in [3.63, 3.8) is 0 Å². The van der Waals surface area contributed by atoms with E-state index in [0.29, 0.717) is 43.2 Å². The maximum Gasteiger partial charge on any atom is 0.387 e. The molecule has 0 spiro atoms. The van der Waals surface area contributed by atoms with E-state index in [1.807, 2.05) is 4.90 Å². The molecular weight excluding hydrogens is 379 g/mol. The summed E-state index contributed by atoms with van der Waals surface area (Å²) in [7, 11) is 0. The van der Waals surface area contributed by atoms with Crippen LogP contribution in [0.15, 0.2) is 36.4 Å². The van der Waals surface area contributed by atoms with Gasteiger partial charge in [0, 0.05) is 37.5 Å². The van der Waals surface area contributed by atoms with Gasteiger partial charge in [0.2, 0.25) is 5.75 Å². The van der Waals surface area contributed by atoms with E-state index in [0.717, 1.165) is 12.1 Å². The predicted molar refractivity (Wildman–Crippen MR) is 96.5 cm³/mol. The normalized spacial score (nSPS) is 14.2. The van der Waals surface area contributed by atoms with E-state index in [2.05, 4.69) is 10.1 Å². The van der Waals surface area contributed by atoms with Crippen LogP contribution in [0.1, 0.15) is 5.56 Å². The number of anilines is 2. The molecule has 0 unspecified atom stereocenters. The number of nitro benzene ring substituents is 1. The highest BCUT2D eigenvalue weighted by atomic mass is 19.3. The minimum Gasteiger partial charge on any atom is -0.427 e. The molecule has 1 saturated heterocycles. The lowest BCUT2D eigenvalue weighted by atomic mass is 10.1. The Morgan fingerprint density at radius 1 is 1.21 bits per heavy atom. The number of ether oxygens (including phenoxy) is 2. The highest BCUT2D eigenvalue weighted by Crippen LogP contribution is 2.31. The Hall–Kier alpha value is -3.01. The van der Waals surface area contributed by atoms with Crippen LogP contribution in [0, 0.1) is 15.9 Å². The molecule has 0 amide bonds.